The molecule has 0 radical (unpaired) electrons. The number of esters is 2. The van der Waals surface area contributed by atoms with Crippen molar-refractivity contribution < 1.29 is 19.1 Å². The molecule has 1 heterocycles. The number of cyclic esters (lactones) is 1. The minimum Gasteiger partial charge on any atom is -0.462 e. The monoisotopic (exact) mass is 242 g/mol. The third kappa shape index (κ3) is 3.72. The third-order valence-corrected chi connectivity index (χ3v) is 3.45. The Morgan fingerprint density at radius 2 is 2.24 bits per heavy atom. The Labute approximate surface area is 103 Å². The van der Waals surface area contributed by atoms with Gasteiger partial charge in [-0.2, -0.15) is 0 Å². The Kier molecular flexibility index (Phi) is 4.97. The molecule has 1 aliphatic heterocycles. The van der Waals surface area contributed by atoms with Crippen LogP contribution >= 0.6 is 0 Å². The maximum atomic E-state index is 12.1. The molecule has 98 valence electrons. The quantitative estimate of drug-likeness (QED) is 0.695. The molecular weight excluding hydrogens is 220 g/mol. The van der Waals surface area contributed by atoms with Crippen LogP contribution in [0, 0.1) is 5.41 Å². The molecule has 1 rings (SSSR count). The Morgan fingerprint density at radius 1 is 1.53 bits per heavy atom. The fraction of sp³-hybridized carbons (Fsp3) is 0.846. The molecule has 0 bridgehead atoms. The molecule has 0 aromatic rings. The van der Waals surface area contributed by atoms with Crippen molar-refractivity contribution in [3.8, 4) is 0 Å². The molecule has 0 saturated carbocycles. The van der Waals surface area contributed by atoms with E-state index in [4.69, 9.17) is 9.47 Å². The van der Waals surface area contributed by atoms with Gasteiger partial charge in [-0.15, -0.1) is 0 Å². The molecule has 0 aromatic heterocycles. The summed E-state index contributed by atoms with van der Waals surface area (Å²) in [6.07, 6.45) is 3.22. The van der Waals surface area contributed by atoms with Gasteiger partial charge in [0.25, 0.3) is 0 Å². The lowest BCUT2D eigenvalue weighted by molar-refractivity contribution is -0.173. The van der Waals surface area contributed by atoms with Crippen LogP contribution in [0.25, 0.3) is 0 Å². The Morgan fingerprint density at radius 3 is 2.71 bits per heavy atom. The standard InChI is InChI=1S/C13H22O4/c1-4-8-13(3,5-2)12(15)17-10-6-7-11(14)16-9-10/h10H,4-9H2,1-3H3. The van der Waals surface area contributed by atoms with E-state index < -0.39 is 5.41 Å². The van der Waals surface area contributed by atoms with Crippen molar-refractivity contribution in [1.29, 1.82) is 0 Å². The smallest absolute Gasteiger partial charge is 0.312 e. The maximum absolute atomic E-state index is 12.1. The van der Waals surface area contributed by atoms with Gasteiger partial charge in [0, 0.05) is 6.42 Å². The van der Waals surface area contributed by atoms with E-state index in [0.717, 1.165) is 19.3 Å². The van der Waals surface area contributed by atoms with Crippen molar-refractivity contribution in [2.24, 2.45) is 5.41 Å². The van der Waals surface area contributed by atoms with Gasteiger partial charge in [0.2, 0.25) is 0 Å². The van der Waals surface area contributed by atoms with Crippen LogP contribution in [0.3, 0.4) is 0 Å². The molecule has 1 fully saturated rings. The minimum atomic E-state index is -0.407. The Balaban J connectivity index is 2.49. The van der Waals surface area contributed by atoms with E-state index in [9.17, 15) is 9.59 Å². The summed E-state index contributed by atoms with van der Waals surface area (Å²) in [5.41, 5.74) is -0.407. The van der Waals surface area contributed by atoms with Crippen molar-refractivity contribution in [3.63, 3.8) is 0 Å². The van der Waals surface area contributed by atoms with E-state index in [1.807, 2.05) is 13.8 Å². The van der Waals surface area contributed by atoms with Gasteiger partial charge in [-0.1, -0.05) is 20.3 Å². The van der Waals surface area contributed by atoms with Gasteiger partial charge in [-0.3, -0.25) is 9.59 Å². The van der Waals surface area contributed by atoms with Crippen LogP contribution in [0.15, 0.2) is 0 Å². The van der Waals surface area contributed by atoms with E-state index in [2.05, 4.69) is 6.92 Å². The average molecular weight is 242 g/mol. The second-order valence-corrected chi connectivity index (χ2v) is 4.91. The van der Waals surface area contributed by atoms with Gasteiger partial charge in [0.15, 0.2) is 0 Å². The summed E-state index contributed by atoms with van der Waals surface area (Å²) >= 11 is 0. The average Bonchev–Trinajstić information content (AvgIpc) is 2.32. The summed E-state index contributed by atoms with van der Waals surface area (Å²) in [5.74, 6) is -0.367. The molecule has 17 heavy (non-hydrogen) atoms. The van der Waals surface area contributed by atoms with E-state index >= 15 is 0 Å². The molecule has 4 heteroatoms. The number of hydrogen-bond acceptors (Lipinski definition) is 4. The minimum absolute atomic E-state index is 0.162. The van der Waals surface area contributed by atoms with E-state index in [-0.39, 0.29) is 24.6 Å². The molecule has 1 saturated heterocycles. The van der Waals surface area contributed by atoms with Gasteiger partial charge in [-0.05, 0) is 26.2 Å². The number of carbonyl (C=O) groups excluding carboxylic acids is 2. The molecule has 1 aliphatic rings. The topological polar surface area (TPSA) is 52.6 Å². The van der Waals surface area contributed by atoms with Gasteiger partial charge in [0.1, 0.15) is 12.7 Å². The molecule has 0 spiro atoms. The van der Waals surface area contributed by atoms with Crippen molar-refractivity contribution in [3.05, 3.63) is 0 Å². The number of ether oxygens (including phenoxy) is 2. The van der Waals surface area contributed by atoms with Crippen LogP contribution in [0.4, 0.5) is 0 Å². The molecule has 0 N–H and O–H groups in total. The molecular formula is C13H22O4. The van der Waals surface area contributed by atoms with Crippen LogP contribution in [-0.4, -0.2) is 24.6 Å². The zero-order valence-corrected chi connectivity index (χ0v) is 11.0. The van der Waals surface area contributed by atoms with E-state index in [1.54, 1.807) is 0 Å². The number of rotatable bonds is 5. The van der Waals surface area contributed by atoms with Crippen LogP contribution in [-0.2, 0) is 19.1 Å². The van der Waals surface area contributed by atoms with Gasteiger partial charge in [0.05, 0.1) is 5.41 Å². The first-order chi connectivity index (χ1) is 8.01. The SMILES string of the molecule is CCCC(C)(CC)C(=O)OC1CCC(=O)OC1. The van der Waals surface area contributed by atoms with Crippen LogP contribution in [0.5, 0.6) is 0 Å². The first-order valence-electron chi connectivity index (χ1n) is 6.38. The van der Waals surface area contributed by atoms with Gasteiger partial charge < -0.3 is 9.47 Å². The summed E-state index contributed by atoms with van der Waals surface area (Å²) in [7, 11) is 0. The fourth-order valence-electron chi connectivity index (χ4n) is 1.98. The van der Waals surface area contributed by atoms with Gasteiger partial charge in [-0.25, -0.2) is 0 Å². The zero-order chi connectivity index (χ0) is 12.9. The highest BCUT2D eigenvalue weighted by molar-refractivity contribution is 5.76. The number of carbonyl (C=O) groups is 2. The van der Waals surface area contributed by atoms with Crippen molar-refractivity contribution in [2.75, 3.05) is 6.61 Å². The molecule has 2 unspecified atom stereocenters. The maximum Gasteiger partial charge on any atom is 0.312 e. The van der Waals surface area contributed by atoms with Crippen molar-refractivity contribution in [2.45, 2.75) is 59.0 Å². The second kappa shape index (κ2) is 6.03. The predicted octanol–water partition coefficient (Wildman–Crippen LogP) is 2.45. The molecule has 0 amide bonds. The lowest BCUT2D eigenvalue weighted by Crippen LogP contribution is -2.36. The van der Waals surface area contributed by atoms with Gasteiger partial charge >= 0.3 is 11.9 Å². The summed E-state index contributed by atoms with van der Waals surface area (Å²) in [6, 6.07) is 0. The van der Waals surface area contributed by atoms with Crippen molar-refractivity contribution >= 4 is 11.9 Å². The highest BCUT2D eigenvalue weighted by Crippen LogP contribution is 2.30. The molecule has 4 nitrogen and oxygen atoms in total. The first kappa shape index (κ1) is 14.0. The number of hydrogen-bond donors (Lipinski definition) is 0. The molecule has 0 aromatic carbocycles. The highest BCUT2D eigenvalue weighted by atomic mass is 16.6. The Hall–Kier alpha value is -1.06. The summed E-state index contributed by atoms with van der Waals surface area (Å²) in [5, 5.41) is 0. The highest BCUT2D eigenvalue weighted by Gasteiger charge is 2.34. The Bertz CT molecular complexity index is 277. The van der Waals surface area contributed by atoms with Crippen LogP contribution < -0.4 is 0 Å². The lowest BCUT2D eigenvalue weighted by Gasteiger charge is -2.29. The van der Waals surface area contributed by atoms with E-state index in [0.29, 0.717) is 12.8 Å². The normalized spacial score (nSPS) is 23.7. The van der Waals surface area contributed by atoms with E-state index in [1.165, 1.54) is 0 Å². The fourth-order valence-corrected chi connectivity index (χ4v) is 1.98. The zero-order valence-electron chi connectivity index (χ0n) is 11.0. The van der Waals surface area contributed by atoms with Crippen LogP contribution in [0.2, 0.25) is 0 Å². The molecule has 2 atom stereocenters. The lowest BCUT2D eigenvalue weighted by atomic mass is 9.83. The third-order valence-electron chi connectivity index (χ3n) is 3.45. The summed E-state index contributed by atoms with van der Waals surface area (Å²) < 4.78 is 10.3. The van der Waals surface area contributed by atoms with Crippen LogP contribution in [0.1, 0.15) is 52.9 Å². The largest absolute Gasteiger partial charge is 0.462 e. The summed E-state index contributed by atoms with van der Waals surface area (Å²) in [4.78, 5) is 23.0. The molecule has 0 aliphatic carbocycles. The van der Waals surface area contributed by atoms with Crippen molar-refractivity contribution in [1.82, 2.24) is 0 Å². The summed E-state index contributed by atoms with van der Waals surface area (Å²) in [6.45, 7) is 6.20. The second-order valence-electron chi connectivity index (χ2n) is 4.91. The predicted molar refractivity (Wildman–Crippen MR) is 63.4 cm³/mol. The first-order valence-corrected chi connectivity index (χ1v) is 6.38.